The first-order chi connectivity index (χ1) is 45.7. The molecule has 0 amide bonds. The minimum absolute atomic E-state index is 0.255. The molecule has 12 rings (SSSR count). The number of rotatable bonds is 7. The van der Waals surface area contributed by atoms with E-state index >= 15 is 0 Å². The summed E-state index contributed by atoms with van der Waals surface area (Å²) in [6.07, 6.45) is 0. The molecule has 0 saturated carbocycles. The van der Waals surface area contributed by atoms with Crippen LogP contribution in [0.4, 0.5) is 0 Å². The van der Waals surface area contributed by atoms with Gasteiger partial charge in [-0.05, 0) is 73.8 Å². The van der Waals surface area contributed by atoms with Crippen LogP contribution >= 0.6 is 11.3 Å². The van der Waals surface area contributed by atoms with E-state index in [1.54, 1.807) is 0 Å². The molecule has 0 bridgehead atoms. The Bertz CT molecular complexity index is 5450. The standard InChI is InChI=1S/C58H37N3S/c1-4-19-38(20-5-1)42-25-10-12-29-48(42)55-59-56(61-57(60-55)50-32-18-31-47-46-28-15-17-34-53(46)62-54(47)50)49-30-13-11-26-43(49)39-35-36-45-44-27-14-16-33-51(44)58(52(45)37-39,40-21-6-2-7-22-40)41-23-8-3-9-24-41/h1-37H/i1D,2D,3D,4D,5D,6D,7D,8D,9D,10D,11D,12D,13D,14D,15D,16D,17D,18D,19D,20D,21D,22D,23D,24D,25D,26D,27D,28D,29D,30D,31D,32D,34D,35D,36D,37D. The number of fused-ring (bicyclic) bond motifs is 6. The lowest BCUT2D eigenvalue weighted by atomic mass is 9.67. The maximum atomic E-state index is 10.6. The predicted octanol–water partition coefficient (Wildman–Crippen LogP) is 14.9. The molecule has 3 nitrogen and oxygen atoms in total. The summed E-state index contributed by atoms with van der Waals surface area (Å²) in [5, 5.41) is -0.757. The lowest BCUT2D eigenvalue weighted by molar-refractivity contribution is 0.769. The minimum Gasteiger partial charge on any atom is -0.208 e. The molecule has 4 heteroatoms. The summed E-state index contributed by atoms with van der Waals surface area (Å²) in [7, 11) is 0. The van der Waals surface area contributed by atoms with Crippen molar-refractivity contribution >= 4 is 31.5 Å². The third kappa shape index (κ3) is 5.68. The van der Waals surface area contributed by atoms with E-state index in [9.17, 15) is 21.9 Å². The van der Waals surface area contributed by atoms with Gasteiger partial charge in [-0.1, -0.05) is 205 Å². The van der Waals surface area contributed by atoms with Gasteiger partial charge in [-0.25, -0.2) is 15.0 Å². The summed E-state index contributed by atoms with van der Waals surface area (Å²) in [6.45, 7) is 0. The molecule has 2 aromatic heterocycles. The fraction of sp³-hybridized carbons (Fsp3) is 0.0172. The topological polar surface area (TPSA) is 38.7 Å². The summed E-state index contributed by atoms with van der Waals surface area (Å²) < 4.78 is 330. The Balaban J connectivity index is 1.34. The number of hydrogen-bond acceptors (Lipinski definition) is 4. The zero-order valence-corrected chi connectivity index (χ0v) is 31.6. The zero-order chi connectivity index (χ0) is 72.4. The first-order valence-electron chi connectivity index (χ1n) is 36.1. The van der Waals surface area contributed by atoms with E-state index in [2.05, 4.69) is 15.0 Å². The lowest BCUT2D eigenvalue weighted by Gasteiger charge is -2.34. The van der Waals surface area contributed by atoms with Crippen LogP contribution in [0.15, 0.2) is 224 Å². The van der Waals surface area contributed by atoms with Crippen LogP contribution in [0, 0.1) is 0 Å². The molecular formula is C58H37N3S. The average molecular weight is 844 g/mol. The van der Waals surface area contributed by atoms with Crippen molar-refractivity contribution in [2.75, 3.05) is 0 Å². The van der Waals surface area contributed by atoms with Crippen LogP contribution in [-0.4, -0.2) is 15.0 Å². The summed E-state index contributed by atoms with van der Waals surface area (Å²) in [6, 6.07) is -37.5. The Labute approximate surface area is 414 Å². The Kier molecular flexibility index (Phi) is 3.56. The van der Waals surface area contributed by atoms with Crippen LogP contribution in [0.2, 0.25) is 0 Å². The number of aromatic nitrogens is 3. The summed E-state index contributed by atoms with van der Waals surface area (Å²) in [5.41, 5.74) is -15.4. The molecule has 290 valence electrons. The molecular weight excluding hydrogens is 771 g/mol. The highest BCUT2D eigenvalue weighted by atomic mass is 32.1. The van der Waals surface area contributed by atoms with Gasteiger partial charge in [0.25, 0.3) is 0 Å². The first-order valence-corrected chi connectivity index (χ1v) is 18.9. The van der Waals surface area contributed by atoms with Crippen molar-refractivity contribution in [3.8, 4) is 67.5 Å². The van der Waals surface area contributed by atoms with Crippen LogP contribution in [0.25, 0.3) is 87.7 Å². The maximum absolute atomic E-state index is 10.6. The largest absolute Gasteiger partial charge is 0.208 e. The van der Waals surface area contributed by atoms with Crippen LogP contribution in [0.3, 0.4) is 0 Å². The molecule has 0 fully saturated rings. The predicted molar refractivity (Wildman–Crippen MR) is 257 cm³/mol. The molecule has 0 N–H and O–H groups in total. The number of thiophene rings is 1. The fourth-order valence-corrected chi connectivity index (χ4v) is 8.46. The van der Waals surface area contributed by atoms with Crippen LogP contribution in [0.5, 0.6) is 0 Å². The first kappa shape index (κ1) is 15.0. The number of benzene rings is 9. The smallest absolute Gasteiger partial charge is 0.165 e. The van der Waals surface area contributed by atoms with Crippen molar-refractivity contribution in [3.05, 3.63) is 246 Å². The van der Waals surface area contributed by atoms with Gasteiger partial charge in [-0.2, -0.15) is 0 Å². The zero-order valence-electron chi connectivity index (χ0n) is 66.8. The maximum Gasteiger partial charge on any atom is 0.165 e. The highest BCUT2D eigenvalue weighted by Crippen LogP contribution is 2.57. The van der Waals surface area contributed by atoms with Gasteiger partial charge in [0.15, 0.2) is 17.5 Å². The van der Waals surface area contributed by atoms with Gasteiger partial charge in [-0.3, -0.25) is 0 Å². The van der Waals surface area contributed by atoms with E-state index in [0.717, 1.165) is 6.07 Å². The molecule has 1 aliphatic rings. The van der Waals surface area contributed by atoms with Gasteiger partial charge in [0.05, 0.1) is 54.8 Å². The van der Waals surface area contributed by atoms with Crippen molar-refractivity contribution in [2.45, 2.75) is 5.41 Å². The Hall–Kier alpha value is -7.79. The molecule has 0 saturated heterocycles. The Morgan fingerprint density at radius 1 is 0.355 bits per heavy atom. The van der Waals surface area contributed by atoms with Gasteiger partial charge in [0.1, 0.15) is 0 Å². The van der Waals surface area contributed by atoms with Gasteiger partial charge >= 0.3 is 0 Å². The van der Waals surface area contributed by atoms with Crippen LogP contribution in [-0.2, 0) is 5.41 Å². The van der Waals surface area contributed by atoms with E-state index < -0.39 is 318 Å². The third-order valence-electron chi connectivity index (χ3n) is 9.95. The molecule has 9 aromatic carbocycles. The molecule has 62 heavy (non-hydrogen) atoms. The van der Waals surface area contributed by atoms with E-state index in [1.807, 2.05) is 0 Å². The van der Waals surface area contributed by atoms with E-state index in [-0.39, 0.29) is 14.8 Å². The normalized spacial score (nSPS) is 20.8. The quantitative estimate of drug-likeness (QED) is 0.160. The molecule has 0 atom stereocenters. The molecule has 0 unspecified atom stereocenters. The fourth-order valence-electron chi connectivity index (χ4n) is 7.40. The molecule has 0 aliphatic heterocycles. The van der Waals surface area contributed by atoms with Crippen LogP contribution < -0.4 is 0 Å². The highest BCUT2D eigenvalue weighted by Gasteiger charge is 2.46. The molecule has 1 aliphatic carbocycles. The number of hydrogen-bond donors (Lipinski definition) is 0. The van der Waals surface area contributed by atoms with Gasteiger partial charge < -0.3 is 0 Å². The number of nitrogens with zero attached hydrogens (tertiary/aromatic N) is 3. The minimum atomic E-state index is -3.26. The Morgan fingerprint density at radius 3 is 1.52 bits per heavy atom. The Morgan fingerprint density at radius 2 is 0.839 bits per heavy atom. The summed E-state index contributed by atoms with van der Waals surface area (Å²) in [5.74, 6) is -3.19. The molecule has 0 radical (unpaired) electrons. The average Bonchev–Trinajstić information content (AvgIpc) is 1.47. The van der Waals surface area contributed by atoms with Crippen molar-refractivity contribution < 1.29 is 49.3 Å². The SMILES string of the molecule is [2H]c1cc2c(c([2H])c1[2H])-c1c([2H])c([2H])c(-c3c([2H])c([2H])c([2H])c([2H])c3-c3nc(-c4c([2H])c([2H])c([2H])c([2H])c4-c4c([2H])c([2H])c([2H])c([2H])c4[2H])nc(-c4c([2H])c([2H])c([2H])c5c4sc4c([2H])c([2H])c([2H])c([2H])c45)n3)c([2H])c1C2(c1c([2H])c([2H])c([2H])c([2H])c1[2H])c1c([2H])c([2H])c([2H])c([2H])c1[2H]. The van der Waals surface area contributed by atoms with E-state index in [0.29, 0.717) is 11.3 Å². The summed E-state index contributed by atoms with van der Waals surface area (Å²) in [4.78, 5) is 13.7. The monoisotopic (exact) mass is 843 g/mol. The highest BCUT2D eigenvalue weighted by molar-refractivity contribution is 7.26. The van der Waals surface area contributed by atoms with E-state index in [4.69, 9.17) is 27.4 Å². The van der Waals surface area contributed by atoms with Crippen molar-refractivity contribution in [1.29, 1.82) is 0 Å². The van der Waals surface area contributed by atoms with Crippen molar-refractivity contribution in [3.63, 3.8) is 0 Å². The van der Waals surface area contributed by atoms with Crippen molar-refractivity contribution in [1.82, 2.24) is 15.0 Å². The van der Waals surface area contributed by atoms with E-state index in [1.165, 1.54) is 0 Å². The molecule has 0 spiro atoms. The lowest BCUT2D eigenvalue weighted by Crippen LogP contribution is -2.28. The van der Waals surface area contributed by atoms with Gasteiger partial charge in [0.2, 0.25) is 0 Å². The second-order valence-electron chi connectivity index (χ2n) is 13.1. The van der Waals surface area contributed by atoms with Crippen LogP contribution in [0.1, 0.15) is 71.6 Å². The third-order valence-corrected chi connectivity index (χ3v) is 11.1. The van der Waals surface area contributed by atoms with Gasteiger partial charge in [-0.15, -0.1) is 11.3 Å². The van der Waals surface area contributed by atoms with Crippen molar-refractivity contribution in [2.24, 2.45) is 0 Å². The summed E-state index contributed by atoms with van der Waals surface area (Å²) >= 11 is 0.519. The second-order valence-corrected chi connectivity index (χ2v) is 14.2. The van der Waals surface area contributed by atoms with Gasteiger partial charge in [0, 0.05) is 36.9 Å². The second kappa shape index (κ2) is 14.7. The molecule has 2 heterocycles. The molecule has 11 aromatic rings.